The van der Waals surface area contributed by atoms with E-state index in [4.69, 9.17) is 4.42 Å². The highest BCUT2D eigenvalue weighted by molar-refractivity contribution is 5.75. The van der Waals surface area contributed by atoms with Crippen LogP contribution in [0.3, 0.4) is 0 Å². The predicted octanol–water partition coefficient (Wildman–Crippen LogP) is 1.56. The average molecular weight is 267 g/mol. The zero-order chi connectivity index (χ0) is 14.0. The van der Waals surface area contributed by atoms with Crippen LogP contribution in [0.2, 0.25) is 0 Å². The van der Waals surface area contributed by atoms with Crippen LogP contribution in [0.15, 0.2) is 4.42 Å². The maximum absolute atomic E-state index is 11.5. The zero-order valence-electron chi connectivity index (χ0n) is 11.7. The Kier molecular flexibility index (Phi) is 3.89. The van der Waals surface area contributed by atoms with E-state index in [0.29, 0.717) is 31.3 Å². The van der Waals surface area contributed by atoms with Crippen LogP contribution in [0.25, 0.3) is 0 Å². The molecular weight excluding hydrogens is 246 g/mol. The number of carboxylic acid groups (broad SMARTS) is 1. The summed E-state index contributed by atoms with van der Waals surface area (Å²) in [4.78, 5) is 13.6. The van der Waals surface area contributed by atoms with Crippen LogP contribution < -0.4 is 0 Å². The van der Waals surface area contributed by atoms with Crippen molar-refractivity contribution in [3.8, 4) is 0 Å². The lowest BCUT2D eigenvalue weighted by Gasteiger charge is -2.28. The Morgan fingerprint density at radius 3 is 2.63 bits per heavy atom. The standard InChI is InChI=1S/C13H21N3O3/c1-4-10-14-15-11(19-10)7-16-6-5-13(8-16,9(2)3)12(17)18/h9H,4-8H2,1-3H3,(H,17,18). The van der Waals surface area contributed by atoms with Gasteiger partial charge in [0.2, 0.25) is 11.8 Å². The number of hydrogen-bond donors (Lipinski definition) is 1. The number of rotatable bonds is 5. The fourth-order valence-electron chi connectivity index (χ4n) is 2.63. The number of carbonyl (C=O) groups is 1. The summed E-state index contributed by atoms with van der Waals surface area (Å²) in [6.45, 7) is 7.74. The van der Waals surface area contributed by atoms with E-state index in [0.717, 1.165) is 13.0 Å². The first-order chi connectivity index (χ1) is 8.98. The molecule has 0 amide bonds. The lowest BCUT2D eigenvalue weighted by molar-refractivity contribution is -0.151. The van der Waals surface area contributed by atoms with Crippen molar-refractivity contribution in [2.24, 2.45) is 11.3 Å². The summed E-state index contributed by atoms with van der Waals surface area (Å²) >= 11 is 0. The number of aryl methyl sites for hydroxylation is 1. The smallest absolute Gasteiger partial charge is 0.311 e. The number of carboxylic acids is 1. The highest BCUT2D eigenvalue weighted by atomic mass is 16.4. The fraction of sp³-hybridized carbons (Fsp3) is 0.769. The summed E-state index contributed by atoms with van der Waals surface area (Å²) in [5, 5.41) is 17.4. The molecule has 19 heavy (non-hydrogen) atoms. The Balaban J connectivity index is 2.03. The van der Waals surface area contributed by atoms with E-state index in [2.05, 4.69) is 15.1 Å². The van der Waals surface area contributed by atoms with Crippen molar-refractivity contribution in [1.82, 2.24) is 15.1 Å². The molecule has 0 aromatic carbocycles. The van der Waals surface area contributed by atoms with Gasteiger partial charge in [0.15, 0.2) is 0 Å². The number of likely N-dealkylation sites (tertiary alicyclic amines) is 1. The van der Waals surface area contributed by atoms with Gasteiger partial charge in [0, 0.05) is 13.0 Å². The maximum Gasteiger partial charge on any atom is 0.311 e. The Bertz CT molecular complexity index is 458. The van der Waals surface area contributed by atoms with Crippen LogP contribution in [0.1, 0.15) is 39.0 Å². The predicted molar refractivity (Wildman–Crippen MR) is 68.5 cm³/mol. The van der Waals surface area contributed by atoms with E-state index < -0.39 is 11.4 Å². The first kappa shape index (κ1) is 14.0. The van der Waals surface area contributed by atoms with E-state index in [1.165, 1.54) is 0 Å². The number of nitrogens with zero attached hydrogens (tertiary/aromatic N) is 3. The molecule has 1 unspecified atom stereocenters. The van der Waals surface area contributed by atoms with E-state index >= 15 is 0 Å². The van der Waals surface area contributed by atoms with Crippen LogP contribution in [-0.2, 0) is 17.8 Å². The number of aromatic nitrogens is 2. The van der Waals surface area contributed by atoms with Gasteiger partial charge in [-0.15, -0.1) is 10.2 Å². The third-order valence-corrected chi connectivity index (χ3v) is 4.08. The molecule has 0 bridgehead atoms. The SMILES string of the molecule is CCc1nnc(CN2CCC(C(=O)O)(C(C)C)C2)o1. The molecule has 0 spiro atoms. The van der Waals surface area contributed by atoms with E-state index in [-0.39, 0.29) is 5.92 Å². The lowest BCUT2D eigenvalue weighted by Crippen LogP contribution is -2.39. The van der Waals surface area contributed by atoms with Crippen LogP contribution >= 0.6 is 0 Å². The van der Waals surface area contributed by atoms with Crippen molar-refractivity contribution in [3.05, 3.63) is 11.8 Å². The van der Waals surface area contributed by atoms with Crippen LogP contribution in [0.5, 0.6) is 0 Å². The normalized spacial score (nSPS) is 24.2. The van der Waals surface area contributed by atoms with Gasteiger partial charge in [-0.05, 0) is 18.9 Å². The molecule has 1 aliphatic heterocycles. The van der Waals surface area contributed by atoms with E-state index in [1.54, 1.807) is 0 Å². The molecule has 1 saturated heterocycles. The summed E-state index contributed by atoms with van der Waals surface area (Å²) in [7, 11) is 0. The molecule has 1 atom stereocenters. The first-order valence-electron chi connectivity index (χ1n) is 6.75. The first-order valence-corrected chi connectivity index (χ1v) is 6.75. The van der Waals surface area contributed by atoms with Gasteiger partial charge in [-0.25, -0.2) is 0 Å². The molecule has 0 radical (unpaired) electrons. The van der Waals surface area contributed by atoms with Crippen LogP contribution in [0.4, 0.5) is 0 Å². The highest BCUT2D eigenvalue weighted by Gasteiger charge is 2.47. The minimum atomic E-state index is -0.704. The molecule has 2 heterocycles. The van der Waals surface area contributed by atoms with Gasteiger partial charge in [0.05, 0.1) is 12.0 Å². The molecule has 0 saturated carbocycles. The monoisotopic (exact) mass is 267 g/mol. The lowest BCUT2D eigenvalue weighted by atomic mass is 9.76. The second-order valence-electron chi connectivity index (χ2n) is 5.52. The molecule has 1 aliphatic rings. The highest BCUT2D eigenvalue weighted by Crippen LogP contribution is 2.38. The van der Waals surface area contributed by atoms with Gasteiger partial charge in [0.1, 0.15) is 0 Å². The minimum Gasteiger partial charge on any atom is -0.481 e. The van der Waals surface area contributed by atoms with Crippen molar-refractivity contribution in [2.75, 3.05) is 13.1 Å². The molecular formula is C13H21N3O3. The van der Waals surface area contributed by atoms with Crippen molar-refractivity contribution in [1.29, 1.82) is 0 Å². The third-order valence-electron chi connectivity index (χ3n) is 4.08. The van der Waals surface area contributed by atoms with Gasteiger partial charge in [-0.3, -0.25) is 9.69 Å². The second kappa shape index (κ2) is 5.28. The molecule has 6 nitrogen and oxygen atoms in total. The topological polar surface area (TPSA) is 79.5 Å². The van der Waals surface area contributed by atoms with Crippen LogP contribution in [0, 0.1) is 11.3 Å². The van der Waals surface area contributed by atoms with Gasteiger partial charge < -0.3 is 9.52 Å². The quantitative estimate of drug-likeness (QED) is 0.872. The Morgan fingerprint density at radius 2 is 2.16 bits per heavy atom. The molecule has 0 aliphatic carbocycles. The van der Waals surface area contributed by atoms with Gasteiger partial charge in [-0.2, -0.15) is 0 Å². The summed E-state index contributed by atoms with van der Waals surface area (Å²) in [6.07, 6.45) is 1.40. The molecule has 1 N–H and O–H groups in total. The van der Waals surface area contributed by atoms with E-state index in [9.17, 15) is 9.90 Å². The number of hydrogen-bond acceptors (Lipinski definition) is 5. The molecule has 6 heteroatoms. The Labute approximate surface area is 112 Å². The number of aliphatic carboxylic acids is 1. The fourth-order valence-corrected chi connectivity index (χ4v) is 2.63. The zero-order valence-corrected chi connectivity index (χ0v) is 11.7. The second-order valence-corrected chi connectivity index (χ2v) is 5.52. The molecule has 1 aromatic heterocycles. The summed E-state index contributed by atoms with van der Waals surface area (Å²) in [5.74, 6) is 0.609. The Morgan fingerprint density at radius 1 is 1.47 bits per heavy atom. The van der Waals surface area contributed by atoms with Crippen molar-refractivity contribution in [3.63, 3.8) is 0 Å². The Hall–Kier alpha value is -1.43. The minimum absolute atomic E-state index is 0.115. The molecule has 1 fully saturated rings. The molecule has 106 valence electrons. The summed E-state index contributed by atoms with van der Waals surface area (Å²) in [6, 6.07) is 0. The van der Waals surface area contributed by atoms with Gasteiger partial charge in [-0.1, -0.05) is 20.8 Å². The molecule has 2 rings (SSSR count). The average Bonchev–Trinajstić information content (AvgIpc) is 2.96. The maximum atomic E-state index is 11.5. The summed E-state index contributed by atoms with van der Waals surface area (Å²) < 4.78 is 5.47. The summed E-state index contributed by atoms with van der Waals surface area (Å²) in [5.41, 5.74) is -0.645. The molecule has 1 aromatic rings. The van der Waals surface area contributed by atoms with Crippen molar-refractivity contribution < 1.29 is 14.3 Å². The largest absolute Gasteiger partial charge is 0.481 e. The third kappa shape index (κ3) is 2.63. The van der Waals surface area contributed by atoms with Crippen molar-refractivity contribution in [2.45, 2.75) is 40.2 Å². The van der Waals surface area contributed by atoms with Gasteiger partial charge in [0.25, 0.3) is 0 Å². The van der Waals surface area contributed by atoms with Crippen molar-refractivity contribution >= 4 is 5.97 Å². The van der Waals surface area contributed by atoms with Gasteiger partial charge >= 0.3 is 5.97 Å². The van der Waals surface area contributed by atoms with Crippen LogP contribution in [-0.4, -0.2) is 39.3 Å². The van der Waals surface area contributed by atoms with E-state index in [1.807, 2.05) is 20.8 Å².